The fraction of sp³-hybridized carbons (Fsp3) is 0.182. The van der Waals surface area contributed by atoms with E-state index in [1.54, 1.807) is 12.4 Å². The number of hydrogen-bond acceptors (Lipinski definition) is 1. The second-order valence-electron chi connectivity index (χ2n) is 3.42. The molecule has 0 saturated carbocycles. The van der Waals surface area contributed by atoms with E-state index in [1.165, 1.54) is 0 Å². The lowest BCUT2D eigenvalue weighted by Gasteiger charge is -2.11. The van der Waals surface area contributed by atoms with Gasteiger partial charge in [0.1, 0.15) is 0 Å². The molecule has 2 rings (SSSR count). The molecule has 0 aromatic carbocycles. The first-order valence-electron chi connectivity index (χ1n) is 4.75. The average Bonchev–Trinajstić information content (AvgIpc) is 2.87. The molecule has 0 radical (unpaired) electrons. The second-order valence-corrected chi connectivity index (χ2v) is 3.42. The van der Waals surface area contributed by atoms with E-state index in [0.717, 1.165) is 11.3 Å². The van der Waals surface area contributed by atoms with Crippen LogP contribution in [0.3, 0.4) is 0 Å². The van der Waals surface area contributed by atoms with Crippen molar-refractivity contribution in [3.63, 3.8) is 0 Å². The lowest BCUT2D eigenvalue weighted by atomic mass is 9.95. The van der Waals surface area contributed by atoms with E-state index in [-0.39, 0.29) is 12.3 Å². The van der Waals surface area contributed by atoms with Gasteiger partial charge in [-0.15, -0.1) is 0 Å². The summed E-state index contributed by atoms with van der Waals surface area (Å²) in [5, 5.41) is 8.86. The van der Waals surface area contributed by atoms with Crippen LogP contribution in [0, 0.1) is 0 Å². The molecule has 2 heterocycles. The van der Waals surface area contributed by atoms with E-state index in [9.17, 15) is 4.79 Å². The predicted molar refractivity (Wildman–Crippen MR) is 55.7 cm³/mol. The molecule has 4 heteroatoms. The molecule has 0 spiro atoms. The highest BCUT2D eigenvalue weighted by Gasteiger charge is 2.18. The van der Waals surface area contributed by atoms with Gasteiger partial charge in [-0.05, 0) is 23.8 Å². The van der Waals surface area contributed by atoms with Gasteiger partial charge in [0, 0.05) is 30.2 Å². The largest absolute Gasteiger partial charge is 0.481 e. The normalized spacial score (nSPS) is 12.5. The molecular weight excluding hydrogens is 192 g/mol. The third-order valence-corrected chi connectivity index (χ3v) is 2.40. The molecule has 78 valence electrons. The summed E-state index contributed by atoms with van der Waals surface area (Å²) in [5.41, 5.74) is 1.91. The molecule has 2 aromatic heterocycles. The summed E-state index contributed by atoms with van der Waals surface area (Å²) in [6, 6.07) is 5.67. The Bertz CT molecular complexity index is 383. The van der Waals surface area contributed by atoms with Crippen LogP contribution in [0.15, 0.2) is 36.8 Å². The highest BCUT2D eigenvalue weighted by atomic mass is 16.4. The highest BCUT2D eigenvalue weighted by molar-refractivity contribution is 5.68. The number of nitrogens with one attached hydrogen (secondary N) is 2. The van der Waals surface area contributed by atoms with Crippen LogP contribution in [-0.4, -0.2) is 21.0 Å². The number of H-pyrrole nitrogens is 2. The standard InChI is InChI=1S/C11H12N2O2/c14-11(15)6-9(8-3-5-12-7-8)10-2-1-4-13-10/h1-5,7,9,12-13H,6H2,(H,14,15). The molecule has 2 aromatic rings. The topological polar surface area (TPSA) is 68.9 Å². The zero-order chi connectivity index (χ0) is 10.7. The Morgan fingerprint density at radius 3 is 2.80 bits per heavy atom. The molecule has 0 aliphatic rings. The van der Waals surface area contributed by atoms with Crippen molar-refractivity contribution in [2.75, 3.05) is 0 Å². The number of rotatable bonds is 4. The molecule has 0 saturated heterocycles. The zero-order valence-electron chi connectivity index (χ0n) is 8.10. The van der Waals surface area contributed by atoms with E-state index in [2.05, 4.69) is 9.97 Å². The van der Waals surface area contributed by atoms with E-state index in [1.807, 2.05) is 24.4 Å². The summed E-state index contributed by atoms with van der Waals surface area (Å²) in [6.07, 6.45) is 5.52. The maximum Gasteiger partial charge on any atom is 0.304 e. The summed E-state index contributed by atoms with van der Waals surface area (Å²) >= 11 is 0. The van der Waals surface area contributed by atoms with Crippen molar-refractivity contribution in [3.05, 3.63) is 48.0 Å². The maximum absolute atomic E-state index is 10.8. The van der Waals surface area contributed by atoms with Crippen molar-refractivity contribution in [2.24, 2.45) is 0 Å². The molecule has 1 unspecified atom stereocenters. The lowest BCUT2D eigenvalue weighted by Crippen LogP contribution is -2.07. The number of carbonyl (C=O) groups is 1. The number of carboxylic acids is 1. The molecule has 4 nitrogen and oxygen atoms in total. The molecule has 0 amide bonds. The van der Waals surface area contributed by atoms with Gasteiger partial charge in [0.25, 0.3) is 0 Å². The molecule has 15 heavy (non-hydrogen) atoms. The molecule has 3 N–H and O–H groups in total. The Hall–Kier alpha value is -1.97. The molecular formula is C11H12N2O2. The van der Waals surface area contributed by atoms with Crippen LogP contribution in [0.1, 0.15) is 23.6 Å². The van der Waals surface area contributed by atoms with Crippen molar-refractivity contribution < 1.29 is 9.90 Å². The minimum Gasteiger partial charge on any atom is -0.481 e. The van der Waals surface area contributed by atoms with Crippen LogP contribution in [-0.2, 0) is 4.79 Å². The van der Waals surface area contributed by atoms with Gasteiger partial charge in [0.2, 0.25) is 0 Å². The highest BCUT2D eigenvalue weighted by Crippen LogP contribution is 2.26. The number of aromatic amines is 2. The zero-order valence-corrected chi connectivity index (χ0v) is 8.10. The third-order valence-electron chi connectivity index (χ3n) is 2.40. The Kier molecular flexibility index (Phi) is 2.58. The summed E-state index contributed by atoms with van der Waals surface area (Å²) in [7, 11) is 0. The van der Waals surface area contributed by atoms with Crippen molar-refractivity contribution in [3.8, 4) is 0 Å². The third kappa shape index (κ3) is 2.10. The first kappa shape index (κ1) is 9.58. The number of aliphatic carboxylic acids is 1. The molecule has 0 aliphatic heterocycles. The minimum atomic E-state index is -0.796. The second kappa shape index (κ2) is 4.04. The number of aromatic nitrogens is 2. The Balaban J connectivity index is 2.29. The monoisotopic (exact) mass is 204 g/mol. The van der Waals surface area contributed by atoms with Crippen molar-refractivity contribution >= 4 is 5.97 Å². The fourth-order valence-electron chi connectivity index (χ4n) is 1.70. The Labute approximate surface area is 87.0 Å². The van der Waals surface area contributed by atoms with E-state index in [0.29, 0.717) is 0 Å². The first-order chi connectivity index (χ1) is 7.27. The minimum absolute atomic E-state index is 0.0956. The molecule has 1 atom stereocenters. The number of hydrogen-bond donors (Lipinski definition) is 3. The van der Waals surface area contributed by atoms with Gasteiger partial charge >= 0.3 is 5.97 Å². The van der Waals surface area contributed by atoms with E-state index >= 15 is 0 Å². The van der Waals surface area contributed by atoms with Crippen molar-refractivity contribution in [2.45, 2.75) is 12.3 Å². The van der Waals surface area contributed by atoms with Gasteiger partial charge in [-0.25, -0.2) is 0 Å². The lowest BCUT2D eigenvalue weighted by molar-refractivity contribution is -0.137. The van der Waals surface area contributed by atoms with Crippen molar-refractivity contribution in [1.29, 1.82) is 0 Å². The average molecular weight is 204 g/mol. The summed E-state index contributed by atoms with van der Waals surface area (Å²) in [5.74, 6) is -0.903. The molecule has 0 aliphatic carbocycles. The number of carboxylic acid groups (broad SMARTS) is 1. The predicted octanol–water partition coefficient (Wildman–Crippen LogP) is 1.95. The van der Waals surface area contributed by atoms with Gasteiger partial charge < -0.3 is 15.1 Å². The Morgan fingerprint density at radius 2 is 2.27 bits per heavy atom. The van der Waals surface area contributed by atoms with Crippen LogP contribution in [0.4, 0.5) is 0 Å². The van der Waals surface area contributed by atoms with Gasteiger partial charge in [0.15, 0.2) is 0 Å². The van der Waals surface area contributed by atoms with Gasteiger partial charge in [0.05, 0.1) is 6.42 Å². The van der Waals surface area contributed by atoms with Crippen LogP contribution in [0.25, 0.3) is 0 Å². The molecule has 0 bridgehead atoms. The Morgan fingerprint density at radius 1 is 1.40 bits per heavy atom. The van der Waals surface area contributed by atoms with Crippen LogP contribution in [0.2, 0.25) is 0 Å². The maximum atomic E-state index is 10.8. The smallest absolute Gasteiger partial charge is 0.304 e. The van der Waals surface area contributed by atoms with Crippen LogP contribution >= 0.6 is 0 Å². The van der Waals surface area contributed by atoms with Gasteiger partial charge in [-0.1, -0.05) is 0 Å². The van der Waals surface area contributed by atoms with E-state index < -0.39 is 5.97 Å². The molecule has 0 fully saturated rings. The van der Waals surface area contributed by atoms with Crippen molar-refractivity contribution in [1.82, 2.24) is 9.97 Å². The summed E-state index contributed by atoms with van der Waals surface area (Å²) in [4.78, 5) is 16.8. The summed E-state index contributed by atoms with van der Waals surface area (Å²) < 4.78 is 0. The quantitative estimate of drug-likeness (QED) is 0.712. The fourth-order valence-corrected chi connectivity index (χ4v) is 1.70. The van der Waals surface area contributed by atoms with Crippen LogP contribution in [0.5, 0.6) is 0 Å². The van der Waals surface area contributed by atoms with Gasteiger partial charge in [-0.3, -0.25) is 4.79 Å². The van der Waals surface area contributed by atoms with Gasteiger partial charge in [-0.2, -0.15) is 0 Å². The summed E-state index contributed by atoms with van der Waals surface area (Å²) in [6.45, 7) is 0. The van der Waals surface area contributed by atoms with E-state index in [4.69, 9.17) is 5.11 Å². The SMILES string of the molecule is O=C(O)CC(c1cc[nH]c1)c1ccc[nH]1. The van der Waals surface area contributed by atoms with Crippen LogP contribution < -0.4 is 0 Å². The first-order valence-corrected chi connectivity index (χ1v) is 4.75.